The number of benzene rings is 1. The van der Waals surface area contributed by atoms with Crippen molar-refractivity contribution in [3.63, 3.8) is 0 Å². The third-order valence-corrected chi connectivity index (χ3v) is 3.32. The van der Waals surface area contributed by atoms with E-state index in [1.165, 1.54) is 0 Å². The minimum absolute atomic E-state index is 0.0352. The van der Waals surface area contributed by atoms with Crippen LogP contribution in [0.2, 0.25) is 0 Å². The van der Waals surface area contributed by atoms with Crippen LogP contribution in [0.15, 0.2) is 40.8 Å². The van der Waals surface area contributed by atoms with Crippen LogP contribution in [0, 0.1) is 6.92 Å². The highest BCUT2D eigenvalue weighted by atomic mass is 16.5. The number of amides is 1. The van der Waals surface area contributed by atoms with Crippen molar-refractivity contribution < 1.29 is 13.9 Å². The molecule has 0 fully saturated rings. The predicted molar refractivity (Wildman–Crippen MR) is 86.0 cm³/mol. The summed E-state index contributed by atoms with van der Waals surface area (Å²) in [6, 6.07) is 11.3. The van der Waals surface area contributed by atoms with Crippen LogP contribution >= 0.6 is 0 Å². The maximum absolute atomic E-state index is 12.0. The number of methoxy groups -OCH3 is 1. The Hall–Kier alpha value is -2.27. The molecule has 22 heavy (non-hydrogen) atoms. The van der Waals surface area contributed by atoms with Gasteiger partial charge in [-0.2, -0.15) is 0 Å². The fraction of sp³-hybridized carbons (Fsp3) is 0.353. The van der Waals surface area contributed by atoms with Gasteiger partial charge < -0.3 is 14.5 Å². The number of ether oxygens (including phenoxy) is 1. The zero-order chi connectivity index (χ0) is 15.9. The molecule has 2 aromatic rings. The molecule has 0 spiro atoms. The van der Waals surface area contributed by atoms with Crippen molar-refractivity contribution in [2.45, 2.75) is 19.9 Å². The van der Waals surface area contributed by atoms with E-state index in [0.717, 1.165) is 11.5 Å². The first-order chi connectivity index (χ1) is 10.6. The molecule has 5 heteroatoms. The van der Waals surface area contributed by atoms with E-state index >= 15 is 0 Å². The van der Waals surface area contributed by atoms with Gasteiger partial charge in [-0.05, 0) is 38.2 Å². The van der Waals surface area contributed by atoms with Gasteiger partial charge in [0.25, 0.3) is 0 Å². The number of aryl methyl sites for hydroxylation is 1. The second-order valence-corrected chi connectivity index (χ2v) is 5.25. The summed E-state index contributed by atoms with van der Waals surface area (Å²) in [6.07, 6.45) is 0.411. The number of nitrogens with one attached hydrogen (secondary N) is 1. The average molecular weight is 302 g/mol. The molecule has 1 aromatic carbocycles. The van der Waals surface area contributed by atoms with E-state index in [0.29, 0.717) is 30.9 Å². The van der Waals surface area contributed by atoms with Gasteiger partial charge in [-0.15, -0.1) is 0 Å². The van der Waals surface area contributed by atoms with Gasteiger partial charge in [0.1, 0.15) is 17.3 Å². The Bertz CT molecular complexity index is 622. The van der Waals surface area contributed by atoms with Gasteiger partial charge in [0.2, 0.25) is 5.91 Å². The summed E-state index contributed by atoms with van der Waals surface area (Å²) in [6.45, 7) is 3.26. The van der Waals surface area contributed by atoms with E-state index in [-0.39, 0.29) is 5.91 Å². The Morgan fingerprint density at radius 1 is 1.27 bits per heavy atom. The second kappa shape index (κ2) is 7.66. The van der Waals surface area contributed by atoms with Gasteiger partial charge in [-0.1, -0.05) is 12.1 Å². The van der Waals surface area contributed by atoms with E-state index in [1.54, 1.807) is 7.11 Å². The molecule has 0 aliphatic carbocycles. The van der Waals surface area contributed by atoms with Crippen LogP contribution in [0.25, 0.3) is 0 Å². The van der Waals surface area contributed by atoms with Gasteiger partial charge in [0, 0.05) is 13.0 Å². The lowest BCUT2D eigenvalue weighted by molar-refractivity contribution is -0.116. The van der Waals surface area contributed by atoms with Gasteiger partial charge in [0.05, 0.1) is 19.3 Å². The third-order valence-electron chi connectivity index (χ3n) is 3.32. The van der Waals surface area contributed by atoms with Crippen LogP contribution in [-0.2, 0) is 11.3 Å². The molecule has 5 nitrogen and oxygen atoms in total. The van der Waals surface area contributed by atoms with Crippen molar-refractivity contribution in [1.29, 1.82) is 0 Å². The van der Waals surface area contributed by atoms with Crippen molar-refractivity contribution in [3.05, 3.63) is 47.9 Å². The maximum Gasteiger partial charge on any atom is 0.225 e. The normalized spacial score (nSPS) is 10.7. The summed E-state index contributed by atoms with van der Waals surface area (Å²) in [7, 11) is 3.55. The first kappa shape index (κ1) is 16.1. The molecule has 1 amide bonds. The molecule has 1 aromatic heterocycles. The first-order valence-electron chi connectivity index (χ1n) is 7.25. The summed E-state index contributed by atoms with van der Waals surface area (Å²) in [4.78, 5) is 14.1. The Labute approximate surface area is 130 Å². The number of rotatable bonds is 7. The Balaban J connectivity index is 1.79. The molecule has 118 valence electrons. The van der Waals surface area contributed by atoms with E-state index < -0.39 is 0 Å². The highest BCUT2D eigenvalue weighted by Gasteiger charge is 2.09. The highest BCUT2D eigenvalue weighted by molar-refractivity contribution is 5.92. The van der Waals surface area contributed by atoms with Gasteiger partial charge >= 0.3 is 0 Å². The number of nitrogens with zero attached hydrogens (tertiary/aromatic N) is 1. The van der Waals surface area contributed by atoms with Crippen molar-refractivity contribution in [3.8, 4) is 5.75 Å². The lowest BCUT2D eigenvalue weighted by Crippen LogP contribution is -2.24. The molecule has 0 aliphatic rings. The number of anilines is 1. The van der Waals surface area contributed by atoms with Crippen LogP contribution in [0.4, 0.5) is 5.69 Å². The smallest absolute Gasteiger partial charge is 0.225 e. The number of hydrogen-bond acceptors (Lipinski definition) is 4. The monoisotopic (exact) mass is 302 g/mol. The molecule has 2 rings (SSSR count). The average Bonchev–Trinajstić information content (AvgIpc) is 2.91. The van der Waals surface area contributed by atoms with Crippen LogP contribution in [0.1, 0.15) is 17.9 Å². The molecule has 0 atom stereocenters. The van der Waals surface area contributed by atoms with Crippen LogP contribution in [0.3, 0.4) is 0 Å². The Kier molecular flexibility index (Phi) is 5.61. The largest absolute Gasteiger partial charge is 0.495 e. The lowest BCUT2D eigenvalue weighted by atomic mass is 10.2. The SMILES string of the molecule is COc1ccccc1NC(=O)CCN(C)Cc1ccc(C)o1. The summed E-state index contributed by atoms with van der Waals surface area (Å²) in [5, 5.41) is 2.87. The zero-order valence-corrected chi connectivity index (χ0v) is 13.3. The van der Waals surface area contributed by atoms with E-state index in [1.807, 2.05) is 50.4 Å². The minimum Gasteiger partial charge on any atom is -0.495 e. The van der Waals surface area contributed by atoms with Gasteiger partial charge in [0.15, 0.2) is 0 Å². The summed E-state index contributed by atoms with van der Waals surface area (Å²) in [5.41, 5.74) is 0.694. The number of furan rings is 1. The first-order valence-corrected chi connectivity index (χ1v) is 7.25. The number of carbonyl (C=O) groups is 1. The van der Waals surface area contributed by atoms with Crippen LogP contribution < -0.4 is 10.1 Å². The van der Waals surface area contributed by atoms with Crippen molar-refractivity contribution in [1.82, 2.24) is 4.90 Å². The second-order valence-electron chi connectivity index (χ2n) is 5.25. The van der Waals surface area contributed by atoms with E-state index in [2.05, 4.69) is 10.2 Å². The Morgan fingerprint density at radius 3 is 2.73 bits per heavy atom. The van der Waals surface area contributed by atoms with Crippen LogP contribution in [-0.4, -0.2) is 31.5 Å². The summed E-state index contributed by atoms with van der Waals surface area (Å²) >= 11 is 0. The van der Waals surface area contributed by atoms with Crippen molar-refractivity contribution in [2.75, 3.05) is 26.0 Å². The quantitative estimate of drug-likeness (QED) is 0.854. The van der Waals surface area contributed by atoms with Crippen molar-refractivity contribution in [2.24, 2.45) is 0 Å². The molecular weight excluding hydrogens is 280 g/mol. The van der Waals surface area contributed by atoms with Crippen molar-refractivity contribution >= 4 is 11.6 Å². The Morgan fingerprint density at radius 2 is 2.05 bits per heavy atom. The zero-order valence-electron chi connectivity index (χ0n) is 13.3. The predicted octanol–water partition coefficient (Wildman–Crippen LogP) is 3.06. The van der Waals surface area contributed by atoms with E-state index in [9.17, 15) is 4.79 Å². The molecular formula is C17H22N2O3. The van der Waals surface area contributed by atoms with Gasteiger partial charge in [-0.3, -0.25) is 9.69 Å². The molecule has 0 unspecified atom stereocenters. The minimum atomic E-state index is -0.0352. The van der Waals surface area contributed by atoms with Gasteiger partial charge in [-0.25, -0.2) is 0 Å². The number of para-hydroxylation sites is 2. The highest BCUT2D eigenvalue weighted by Crippen LogP contribution is 2.23. The molecule has 0 bridgehead atoms. The summed E-state index contributed by atoms with van der Waals surface area (Å²) < 4.78 is 10.7. The molecule has 0 aliphatic heterocycles. The molecule has 1 N–H and O–H groups in total. The molecule has 0 saturated carbocycles. The fourth-order valence-electron chi connectivity index (χ4n) is 2.17. The standard InChI is InChI=1S/C17H22N2O3/c1-13-8-9-14(22-13)12-19(2)11-10-17(20)18-15-6-4-5-7-16(15)21-3/h4-9H,10-12H2,1-3H3,(H,18,20). The fourth-order valence-corrected chi connectivity index (χ4v) is 2.17. The lowest BCUT2D eigenvalue weighted by Gasteiger charge is -2.15. The molecule has 0 saturated heterocycles. The number of hydrogen-bond donors (Lipinski definition) is 1. The maximum atomic E-state index is 12.0. The van der Waals surface area contributed by atoms with Crippen LogP contribution in [0.5, 0.6) is 5.75 Å². The molecule has 0 radical (unpaired) electrons. The number of carbonyl (C=O) groups excluding carboxylic acids is 1. The van der Waals surface area contributed by atoms with E-state index in [4.69, 9.17) is 9.15 Å². The summed E-state index contributed by atoms with van der Waals surface area (Å²) in [5.74, 6) is 2.43. The molecule has 1 heterocycles. The topological polar surface area (TPSA) is 54.7 Å². The third kappa shape index (κ3) is 4.63.